The fourth-order valence-corrected chi connectivity index (χ4v) is 2.12. The Bertz CT molecular complexity index is 479. The van der Waals surface area contributed by atoms with E-state index in [1.165, 1.54) is 0 Å². The van der Waals surface area contributed by atoms with E-state index < -0.39 is 0 Å². The molecule has 0 aliphatic heterocycles. The maximum Gasteiger partial charge on any atom is 0.151 e. The summed E-state index contributed by atoms with van der Waals surface area (Å²) < 4.78 is 5.27. The lowest BCUT2D eigenvalue weighted by Gasteiger charge is -2.01. The highest BCUT2D eigenvalue weighted by atomic mass is 35.5. The lowest BCUT2D eigenvalue weighted by atomic mass is 10.2. The monoisotopic (exact) mass is 281 g/mol. The number of nitrogens with one attached hydrogen (secondary N) is 2. The highest BCUT2D eigenvalue weighted by Gasteiger charge is 2.07. The van der Waals surface area contributed by atoms with Gasteiger partial charge in [0.2, 0.25) is 0 Å². The smallest absolute Gasteiger partial charge is 0.151 e. The largest absolute Gasteiger partial charge is 0.469 e. The number of hydrogen-bond acceptors (Lipinski definition) is 3. The van der Waals surface area contributed by atoms with E-state index in [1.807, 2.05) is 12.1 Å². The van der Waals surface area contributed by atoms with Gasteiger partial charge < -0.3 is 14.7 Å². The van der Waals surface area contributed by atoms with Crippen LogP contribution in [0.2, 0.25) is 5.15 Å². The molecule has 4 nitrogen and oxygen atoms in total. The summed E-state index contributed by atoms with van der Waals surface area (Å²) in [4.78, 5) is 7.61. The van der Waals surface area contributed by atoms with Gasteiger partial charge >= 0.3 is 0 Å². The average Bonchev–Trinajstić information content (AvgIpc) is 3.02. The summed E-state index contributed by atoms with van der Waals surface area (Å²) in [7, 11) is 0. The van der Waals surface area contributed by atoms with E-state index >= 15 is 0 Å². The zero-order valence-electron chi connectivity index (χ0n) is 11.2. The van der Waals surface area contributed by atoms with Crippen LogP contribution < -0.4 is 5.32 Å². The van der Waals surface area contributed by atoms with Gasteiger partial charge in [-0.15, -0.1) is 0 Å². The van der Waals surface area contributed by atoms with Crippen molar-refractivity contribution in [1.82, 2.24) is 15.3 Å². The second-order valence-electron chi connectivity index (χ2n) is 4.56. The van der Waals surface area contributed by atoms with E-state index in [0.29, 0.717) is 11.7 Å². The van der Waals surface area contributed by atoms with Crippen LogP contribution in [0.5, 0.6) is 0 Å². The molecule has 2 N–H and O–H groups in total. The Labute approximate surface area is 118 Å². The first-order valence-electron chi connectivity index (χ1n) is 6.76. The Kier molecular flexibility index (Phi) is 5.48. The molecule has 19 heavy (non-hydrogen) atoms. The first-order valence-corrected chi connectivity index (χ1v) is 7.13. The Morgan fingerprint density at radius 2 is 2.32 bits per heavy atom. The molecule has 0 bridgehead atoms. The molecule has 0 fully saturated rings. The lowest BCUT2D eigenvalue weighted by Crippen LogP contribution is -2.17. The molecule has 0 aromatic carbocycles. The van der Waals surface area contributed by atoms with E-state index in [-0.39, 0.29) is 0 Å². The summed E-state index contributed by atoms with van der Waals surface area (Å²) in [5, 5.41) is 3.91. The number of hydrogen-bond donors (Lipinski definition) is 2. The molecule has 2 rings (SSSR count). The number of aromatic amines is 1. The molecule has 0 aliphatic rings. The van der Waals surface area contributed by atoms with Crippen molar-refractivity contribution < 1.29 is 4.42 Å². The van der Waals surface area contributed by atoms with Crippen LogP contribution in [0.25, 0.3) is 0 Å². The lowest BCUT2D eigenvalue weighted by molar-refractivity contribution is 0.498. The van der Waals surface area contributed by atoms with E-state index in [4.69, 9.17) is 16.0 Å². The molecule has 0 saturated heterocycles. The normalized spacial score (nSPS) is 11.1. The van der Waals surface area contributed by atoms with Gasteiger partial charge in [-0.25, -0.2) is 4.98 Å². The van der Waals surface area contributed by atoms with Gasteiger partial charge in [0, 0.05) is 25.9 Å². The third-order valence-electron chi connectivity index (χ3n) is 2.97. The summed E-state index contributed by atoms with van der Waals surface area (Å²) in [6.07, 6.45) is 5.83. The highest BCUT2D eigenvalue weighted by molar-refractivity contribution is 6.30. The first kappa shape index (κ1) is 14.2. The molecule has 0 amide bonds. The minimum atomic E-state index is 0.580. The molecule has 5 heteroatoms. The maximum absolute atomic E-state index is 6.10. The van der Waals surface area contributed by atoms with Crippen molar-refractivity contribution in [2.24, 2.45) is 0 Å². The van der Waals surface area contributed by atoms with Crippen molar-refractivity contribution in [1.29, 1.82) is 0 Å². The van der Waals surface area contributed by atoms with Gasteiger partial charge in [-0.3, -0.25) is 0 Å². The number of aromatic nitrogens is 2. The van der Waals surface area contributed by atoms with E-state index in [0.717, 1.165) is 49.5 Å². The van der Waals surface area contributed by atoms with Crippen molar-refractivity contribution in [2.45, 2.75) is 39.2 Å². The maximum atomic E-state index is 6.10. The summed E-state index contributed by atoms with van der Waals surface area (Å²) in [5.41, 5.74) is 0.965. The van der Waals surface area contributed by atoms with Gasteiger partial charge in [-0.05, 0) is 18.6 Å². The number of halogens is 1. The van der Waals surface area contributed by atoms with Crippen LogP contribution in [-0.2, 0) is 19.4 Å². The number of nitrogens with zero attached hydrogens (tertiary/aromatic N) is 1. The Morgan fingerprint density at radius 3 is 3.05 bits per heavy atom. The minimum absolute atomic E-state index is 0.580. The second kappa shape index (κ2) is 7.36. The zero-order chi connectivity index (χ0) is 13.5. The molecule has 0 aliphatic carbocycles. The van der Waals surface area contributed by atoms with Crippen LogP contribution in [-0.4, -0.2) is 16.5 Å². The summed E-state index contributed by atoms with van der Waals surface area (Å²) in [6, 6.07) is 3.88. The standard InChI is InChI=1S/C14H20ClN3O/c1-2-3-6-13-17-12(14(15)18-13)10-16-8-7-11-5-4-9-19-11/h4-5,9,16H,2-3,6-8,10H2,1H3,(H,17,18). The Hall–Kier alpha value is -1.26. The Balaban J connectivity index is 1.74. The first-order chi connectivity index (χ1) is 9.29. The second-order valence-corrected chi connectivity index (χ2v) is 4.92. The van der Waals surface area contributed by atoms with Crippen molar-refractivity contribution in [3.63, 3.8) is 0 Å². The topological polar surface area (TPSA) is 53.9 Å². The predicted octanol–water partition coefficient (Wildman–Crippen LogP) is 3.33. The van der Waals surface area contributed by atoms with Crippen LogP contribution in [0.4, 0.5) is 0 Å². The molecule has 0 unspecified atom stereocenters. The molecule has 2 heterocycles. The number of rotatable bonds is 8. The fraction of sp³-hybridized carbons (Fsp3) is 0.500. The number of imidazole rings is 1. The number of H-pyrrole nitrogens is 1. The van der Waals surface area contributed by atoms with Gasteiger partial charge in [0.25, 0.3) is 0 Å². The summed E-state index contributed by atoms with van der Waals surface area (Å²) in [6.45, 7) is 3.73. The molecule has 0 radical (unpaired) electrons. The predicted molar refractivity (Wildman–Crippen MR) is 76.3 cm³/mol. The third-order valence-corrected chi connectivity index (χ3v) is 3.29. The van der Waals surface area contributed by atoms with Gasteiger partial charge in [0.05, 0.1) is 12.0 Å². The van der Waals surface area contributed by atoms with Crippen molar-refractivity contribution in [2.75, 3.05) is 6.54 Å². The van der Waals surface area contributed by atoms with E-state index in [9.17, 15) is 0 Å². The number of furan rings is 1. The molecule has 0 spiro atoms. The Morgan fingerprint density at radius 1 is 1.42 bits per heavy atom. The van der Waals surface area contributed by atoms with Crippen LogP contribution in [0.3, 0.4) is 0 Å². The quantitative estimate of drug-likeness (QED) is 0.730. The molecular formula is C14H20ClN3O. The fourth-order valence-electron chi connectivity index (χ4n) is 1.90. The van der Waals surface area contributed by atoms with Crippen LogP contribution in [0.1, 0.15) is 37.0 Å². The average molecular weight is 282 g/mol. The van der Waals surface area contributed by atoms with Crippen molar-refractivity contribution in [3.8, 4) is 0 Å². The molecule has 0 saturated carbocycles. The highest BCUT2D eigenvalue weighted by Crippen LogP contribution is 2.13. The van der Waals surface area contributed by atoms with E-state index in [2.05, 4.69) is 22.2 Å². The van der Waals surface area contributed by atoms with Gasteiger partial charge in [0.15, 0.2) is 5.15 Å². The minimum Gasteiger partial charge on any atom is -0.469 e. The molecule has 2 aromatic rings. The molecule has 104 valence electrons. The van der Waals surface area contributed by atoms with Crippen molar-refractivity contribution in [3.05, 3.63) is 40.8 Å². The van der Waals surface area contributed by atoms with Crippen molar-refractivity contribution >= 4 is 11.6 Å². The molecular weight excluding hydrogens is 262 g/mol. The van der Waals surface area contributed by atoms with E-state index in [1.54, 1.807) is 6.26 Å². The van der Waals surface area contributed by atoms with Gasteiger partial charge in [-0.1, -0.05) is 24.9 Å². The zero-order valence-corrected chi connectivity index (χ0v) is 12.0. The SMILES string of the molecule is CCCCc1nc(Cl)c(CNCCc2ccco2)[nH]1. The van der Waals surface area contributed by atoms with Gasteiger partial charge in [0.1, 0.15) is 11.6 Å². The third kappa shape index (κ3) is 4.40. The summed E-state index contributed by atoms with van der Waals surface area (Å²) in [5.74, 6) is 1.97. The summed E-state index contributed by atoms with van der Waals surface area (Å²) >= 11 is 6.10. The number of aryl methyl sites for hydroxylation is 1. The van der Waals surface area contributed by atoms with Gasteiger partial charge in [-0.2, -0.15) is 0 Å². The molecule has 0 atom stereocenters. The molecule has 2 aromatic heterocycles. The van der Waals surface area contributed by atoms with Crippen LogP contribution in [0, 0.1) is 0 Å². The van der Waals surface area contributed by atoms with Crippen LogP contribution in [0.15, 0.2) is 22.8 Å². The van der Waals surface area contributed by atoms with Crippen LogP contribution >= 0.6 is 11.6 Å². The number of unbranched alkanes of at least 4 members (excludes halogenated alkanes) is 1.